The maximum atomic E-state index is 11.1. The molecule has 0 aliphatic carbocycles. The van der Waals surface area contributed by atoms with Crippen molar-refractivity contribution in [2.75, 3.05) is 0 Å². The van der Waals surface area contributed by atoms with Crippen molar-refractivity contribution in [2.45, 2.75) is 0 Å². The van der Waals surface area contributed by atoms with Crippen molar-refractivity contribution in [1.82, 2.24) is 0 Å². The molecule has 2 rings (SSSR count). The van der Waals surface area contributed by atoms with Crippen LogP contribution in [0.2, 0.25) is 0 Å². The van der Waals surface area contributed by atoms with Gasteiger partial charge >= 0.3 is 11.9 Å². The maximum absolute atomic E-state index is 11.1. The van der Waals surface area contributed by atoms with Crippen molar-refractivity contribution in [3.05, 3.63) is 59.7 Å². The Labute approximate surface area is 109 Å². The standard InChI is InChI=1S/C14H10O4.H2O/c15-13(16)11-7-3-1-5-9(11)10-6-2-4-8-12(10)14(17)18;/h1-8H,(H,15,16)(H,17,18);1H2. The molecule has 19 heavy (non-hydrogen) atoms. The molecule has 0 fully saturated rings. The summed E-state index contributed by atoms with van der Waals surface area (Å²) in [6.45, 7) is 0. The first kappa shape index (κ1) is 14.4. The summed E-state index contributed by atoms with van der Waals surface area (Å²) >= 11 is 0. The molecule has 0 amide bonds. The molecule has 98 valence electrons. The predicted molar refractivity (Wildman–Crippen MR) is 69.4 cm³/mol. The molecule has 0 unspecified atom stereocenters. The van der Waals surface area contributed by atoms with Crippen molar-refractivity contribution in [2.24, 2.45) is 0 Å². The summed E-state index contributed by atoms with van der Waals surface area (Å²) in [6.07, 6.45) is 0. The zero-order valence-electron chi connectivity index (χ0n) is 9.83. The van der Waals surface area contributed by atoms with Crippen LogP contribution in [0.5, 0.6) is 0 Å². The lowest BCUT2D eigenvalue weighted by molar-refractivity contribution is 0.0684. The lowest BCUT2D eigenvalue weighted by atomic mass is 9.95. The van der Waals surface area contributed by atoms with Crippen molar-refractivity contribution in [3.8, 4) is 11.1 Å². The van der Waals surface area contributed by atoms with Crippen LogP contribution in [0.25, 0.3) is 11.1 Å². The van der Waals surface area contributed by atoms with Crippen LogP contribution in [-0.4, -0.2) is 27.6 Å². The summed E-state index contributed by atoms with van der Waals surface area (Å²) < 4.78 is 0. The van der Waals surface area contributed by atoms with Gasteiger partial charge in [0.15, 0.2) is 0 Å². The molecule has 0 aliphatic rings. The van der Waals surface area contributed by atoms with Gasteiger partial charge in [0.25, 0.3) is 0 Å². The summed E-state index contributed by atoms with van der Waals surface area (Å²) in [4.78, 5) is 22.3. The minimum atomic E-state index is -1.08. The highest BCUT2D eigenvalue weighted by Gasteiger charge is 2.16. The van der Waals surface area contributed by atoms with Crippen LogP contribution in [0.3, 0.4) is 0 Å². The lowest BCUT2D eigenvalue weighted by Gasteiger charge is -2.08. The maximum Gasteiger partial charge on any atom is 0.336 e. The quantitative estimate of drug-likeness (QED) is 0.879. The molecule has 0 heterocycles. The zero-order chi connectivity index (χ0) is 13.1. The second kappa shape index (κ2) is 5.79. The van der Waals surface area contributed by atoms with E-state index in [-0.39, 0.29) is 16.6 Å². The summed E-state index contributed by atoms with van der Waals surface area (Å²) in [5.41, 5.74) is 0.989. The van der Waals surface area contributed by atoms with Gasteiger partial charge in [-0.15, -0.1) is 0 Å². The van der Waals surface area contributed by atoms with Crippen LogP contribution >= 0.6 is 0 Å². The van der Waals surface area contributed by atoms with Crippen LogP contribution in [0.1, 0.15) is 20.7 Å². The van der Waals surface area contributed by atoms with Gasteiger partial charge < -0.3 is 15.7 Å². The number of carboxylic acid groups (broad SMARTS) is 2. The highest BCUT2D eigenvalue weighted by Crippen LogP contribution is 2.27. The summed E-state index contributed by atoms with van der Waals surface area (Å²) in [6, 6.07) is 12.7. The van der Waals surface area contributed by atoms with E-state index in [9.17, 15) is 9.59 Å². The van der Waals surface area contributed by atoms with Gasteiger partial charge in [-0.05, 0) is 23.3 Å². The Hall–Kier alpha value is -2.66. The minimum Gasteiger partial charge on any atom is -0.478 e. The van der Waals surface area contributed by atoms with E-state index >= 15 is 0 Å². The molecule has 0 saturated carbocycles. The molecule has 0 atom stereocenters. The van der Waals surface area contributed by atoms with Gasteiger partial charge in [0.2, 0.25) is 0 Å². The van der Waals surface area contributed by atoms with Crippen LogP contribution < -0.4 is 0 Å². The number of rotatable bonds is 3. The van der Waals surface area contributed by atoms with Crippen molar-refractivity contribution < 1.29 is 25.3 Å². The van der Waals surface area contributed by atoms with E-state index in [0.29, 0.717) is 11.1 Å². The second-order valence-electron chi connectivity index (χ2n) is 3.70. The fourth-order valence-electron chi connectivity index (χ4n) is 1.81. The van der Waals surface area contributed by atoms with Crippen LogP contribution in [-0.2, 0) is 0 Å². The molecular formula is C14H12O5. The smallest absolute Gasteiger partial charge is 0.336 e. The second-order valence-corrected chi connectivity index (χ2v) is 3.70. The SMILES string of the molecule is O.O=C(O)c1ccccc1-c1ccccc1C(=O)O. The molecule has 0 radical (unpaired) electrons. The summed E-state index contributed by atoms with van der Waals surface area (Å²) in [5, 5.41) is 18.2. The molecule has 5 heteroatoms. The summed E-state index contributed by atoms with van der Waals surface area (Å²) in [5.74, 6) is -2.16. The third-order valence-corrected chi connectivity index (χ3v) is 2.61. The average Bonchev–Trinajstić information content (AvgIpc) is 2.38. The third-order valence-electron chi connectivity index (χ3n) is 2.61. The molecule has 0 aromatic heterocycles. The number of aromatic carboxylic acids is 2. The average molecular weight is 260 g/mol. The highest BCUT2D eigenvalue weighted by atomic mass is 16.4. The Balaban J connectivity index is 0.00000180. The Morgan fingerprint density at radius 3 is 1.32 bits per heavy atom. The van der Waals surface area contributed by atoms with Gasteiger partial charge in [-0.3, -0.25) is 0 Å². The Kier molecular flexibility index (Phi) is 4.39. The van der Waals surface area contributed by atoms with Gasteiger partial charge in [-0.2, -0.15) is 0 Å². The molecular weight excluding hydrogens is 248 g/mol. The fraction of sp³-hybridized carbons (Fsp3) is 0. The normalized spacial score (nSPS) is 9.47. The van der Waals surface area contributed by atoms with E-state index < -0.39 is 11.9 Å². The lowest BCUT2D eigenvalue weighted by Crippen LogP contribution is -2.03. The Morgan fingerprint density at radius 1 is 0.684 bits per heavy atom. The first-order valence-corrected chi connectivity index (χ1v) is 5.26. The van der Waals surface area contributed by atoms with Crippen LogP contribution in [0, 0.1) is 0 Å². The summed E-state index contributed by atoms with van der Waals surface area (Å²) in [7, 11) is 0. The minimum absolute atomic E-state index is 0. The van der Waals surface area contributed by atoms with E-state index in [1.807, 2.05) is 0 Å². The van der Waals surface area contributed by atoms with E-state index in [2.05, 4.69) is 0 Å². The van der Waals surface area contributed by atoms with Gasteiger partial charge in [-0.25, -0.2) is 9.59 Å². The molecule has 4 N–H and O–H groups in total. The van der Waals surface area contributed by atoms with E-state index in [1.54, 1.807) is 36.4 Å². The Morgan fingerprint density at radius 2 is 1.00 bits per heavy atom. The van der Waals surface area contributed by atoms with Crippen molar-refractivity contribution in [3.63, 3.8) is 0 Å². The molecule has 0 aliphatic heterocycles. The van der Waals surface area contributed by atoms with Gasteiger partial charge in [0, 0.05) is 0 Å². The monoisotopic (exact) mass is 260 g/mol. The highest BCUT2D eigenvalue weighted by molar-refractivity contribution is 6.02. The zero-order valence-corrected chi connectivity index (χ0v) is 9.83. The van der Waals surface area contributed by atoms with Crippen molar-refractivity contribution in [1.29, 1.82) is 0 Å². The first-order valence-electron chi connectivity index (χ1n) is 5.26. The topological polar surface area (TPSA) is 106 Å². The number of carbonyl (C=O) groups is 2. The molecule has 0 spiro atoms. The number of hydrogen-bond acceptors (Lipinski definition) is 2. The largest absolute Gasteiger partial charge is 0.478 e. The van der Waals surface area contributed by atoms with E-state index in [4.69, 9.17) is 10.2 Å². The number of hydrogen-bond donors (Lipinski definition) is 2. The van der Waals surface area contributed by atoms with Crippen molar-refractivity contribution >= 4 is 11.9 Å². The molecule has 2 aromatic carbocycles. The van der Waals surface area contributed by atoms with E-state index in [1.165, 1.54) is 12.1 Å². The van der Waals surface area contributed by atoms with Gasteiger partial charge in [-0.1, -0.05) is 36.4 Å². The van der Waals surface area contributed by atoms with E-state index in [0.717, 1.165) is 0 Å². The first-order chi connectivity index (χ1) is 8.61. The predicted octanol–water partition coefficient (Wildman–Crippen LogP) is 1.93. The molecule has 2 aromatic rings. The fourth-order valence-corrected chi connectivity index (χ4v) is 1.81. The van der Waals surface area contributed by atoms with Crippen LogP contribution in [0.15, 0.2) is 48.5 Å². The number of carboxylic acids is 2. The molecule has 0 saturated heterocycles. The van der Waals surface area contributed by atoms with Crippen LogP contribution in [0.4, 0.5) is 0 Å². The third kappa shape index (κ3) is 2.78. The molecule has 5 nitrogen and oxygen atoms in total. The van der Waals surface area contributed by atoms with Gasteiger partial charge in [0.1, 0.15) is 0 Å². The number of benzene rings is 2. The van der Waals surface area contributed by atoms with Gasteiger partial charge in [0.05, 0.1) is 11.1 Å². The molecule has 0 bridgehead atoms. The Bertz CT molecular complexity index is 563.